The van der Waals surface area contributed by atoms with Gasteiger partial charge in [0, 0.05) is 11.7 Å². The van der Waals surface area contributed by atoms with Gasteiger partial charge in [-0.1, -0.05) is 26.3 Å². The number of rotatable bonds is 2. The van der Waals surface area contributed by atoms with Gasteiger partial charge >= 0.3 is 0 Å². The summed E-state index contributed by atoms with van der Waals surface area (Å²) in [7, 11) is 0. The number of hydrogen-bond acceptors (Lipinski definition) is 1. The van der Waals surface area contributed by atoms with Crippen molar-refractivity contribution in [1.29, 1.82) is 0 Å². The van der Waals surface area contributed by atoms with Crippen molar-refractivity contribution in [2.75, 3.05) is 0 Å². The summed E-state index contributed by atoms with van der Waals surface area (Å²) in [6.07, 6.45) is 5.50. The summed E-state index contributed by atoms with van der Waals surface area (Å²) in [6, 6.07) is 0.696. The molecule has 0 saturated heterocycles. The maximum absolute atomic E-state index is 3.87. The number of hydrogen-bond donors (Lipinski definition) is 1. The summed E-state index contributed by atoms with van der Waals surface area (Å²) in [5.74, 6) is 0.834. The molecule has 1 aliphatic rings. The summed E-state index contributed by atoms with van der Waals surface area (Å²) in [5, 5.41) is 3.44. The van der Waals surface area contributed by atoms with E-state index in [4.69, 9.17) is 0 Å². The Morgan fingerprint density at radius 2 is 2.00 bits per heavy atom. The monoisotopic (exact) mass is 153 g/mol. The molecule has 0 unspecified atom stereocenters. The molecule has 1 saturated carbocycles. The summed E-state index contributed by atoms with van der Waals surface area (Å²) in [6.45, 7) is 8.25. The van der Waals surface area contributed by atoms with Crippen LogP contribution in [0.5, 0.6) is 0 Å². The average Bonchev–Trinajstić information content (AvgIpc) is 1.93. The van der Waals surface area contributed by atoms with Crippen molar-refractivity contribution in [1.82, 2.24) is 5.32 Å². The fourth-order valence-corrected chi connectivity index (χ4v) is 1.85. The Morgan fingerprint density at radius 3 is 2.55 bits per heavy atom. The van der Waals surface area contributed by atoms with Crippen molar-refractivity contribution in [3.63, 3.8) is 0 Å². The van der Waals surface area contributed by atoms with Crippen LogP contribution < -0.4 is 5.32 Å². The van der Waals surface area contributed by atoms with Gasteiger partial charge in [0.1, 0.15) is 0 Å². The second-order valence-corrected chi connectivity index (χ2v) is 3.79. The summed E-state index contributed by atoms with van der Waals surface area (Å²) in [4.78, 5) is 0. The molecule has 0 aliphatic heterocycles. The highest BCUT2D eigenvalue weighted by atomic mass is 14.9. The quantitative estimate of drug-likeness (QED) is 0.643. The zero-order valence-corrected chi connectivity index (χ0v) is 7.69. The molecule has 11 heavy (non-hydrogen) atoms. The summed E-state index contributed by atoms with van der Waals surface area (Å²) < 4.78 is 0. The van der Waals surface area contributed by atoms with Gasteiger partial charge in [0.15, 0.2) is 0 Å². The topological polar surface area (TPSA) is 12.0 Å². The van der Waals surface area contributed by atoms with E-state index < -0.39 is 0 Å². The van der Waals surface area contributed by atoms with Crippen LogP contribution in [0, 0.1) is 5.92 Å². The molecule has 1 N–H and O–H groups in total. The number of nitrogens with one attached hydrogen (secondary N) is 1. The Balaban J connectivity index is 2.35. The van der Waals surface area contributed by atoms with Crippen LogP contribution in [-0.2, 0) is 0 Å². The molecule has 0 spiro atoms. The molecule has 0 radical (unpaired) electrons. The molecule has 1 aliphatic carbocycles. The van der Waals surface area contributed by atoms with E-state index in [0.717, 1.165) is 11.6 Å². The second kappa shape index (κ2) is 3.80. The van der Waals surface area contributed by atoms with Crippen molar-refractivity contribution in [2.24, 2.45) is 5.92 Å². The zero-order valence-electron chi connectivity index (χ0n) is 7.69. The van der Waals surface area contributed by atoms with E-state index >= 15 is 0 Å². The smallest absolute Gasteiger partial charge is 0.0283 e. The van der Waals surface area contributed by atoms with Crippen LogP contribution in [0.15, 0.2) is 12.3 Å². The van der Waals surface area contributed by atoms with E-state index in [-0.39, 0.29) is 0 Å². The molecular formula is C10H19N. The van der Waals surface area contributed by atoms with E-state index in [1.165, 1.54) is 25.7 Å². The highest BCUT2D eigenvalue weighted by Crippen LogP contribution is 2.23. The standard InChI is InChI=1S/C10H19N/c1-8(2)11-10-7-5-4-6-9(10)3/h9-11H,1,4-7H2,2-3H3/t9-,10-/m0/s1. The van der Waals surface area contributed by atoms with Crippen LogP contribution in [0.25, 0.3) is 0 Å². The van der Waals surface area contributed by atoms with Gasteiger partial charge in [0.2, 0.25) is 0 Å². The Hall–Kier alpha value is -0.460. The van der Waals surface area contributed by atoms with Gasteiger partial charge in [-0.2, -0.15) is 0 Å². The van der Waals surface area contributed by atoms with E-state index in [1.807, 2.05) is 6.92 Å². The lowest BCUT2D eigenvalue weighted by Crippen LogP contribution is -2.35. The molecule has 1 rings (SSSR count). The maximum atomic E-state index is 3.87. The Kier molecular flexibility index (Phi) is 2.98. The SMILES string of the molecule is C=C(C)N[C@H]1CCCC[C@@H]1C. The summed E-state index contributed by atoms with van der Waals surface area (Å²) >= 11 is 0. The molecule has 1 nitrogen and oxygen atoms in total. The molecular weight excluding hydrogens is 134 g/mol. The van der Waals surface area contributed by atoms with E-state index in [1.54, 1.807) is 0 Å². The lowest BCUT2D eigenvalue weighted by atomic mass is 9.86. The van der Waals surface area contributed by atoms with Gasteiger partial charge in [-0.25, -0.2) is 0 Å². The largest absolute Gasteiger partial charge is 0.386 e. The highest BCUT2D eigenvalue weighted by Gasteiger charge is 2.19. The minimum Gasteiger partial charge on any atom is -0.386 e. The van der Waals surface area contributed by atoms with E-state index in [2.05, 4.69) is 18.8 Å². The van der Waals surface area contributed by atoms with Gasteiger partial charge < -0.3 is 5.32 Å². The maximum Gasteiger partial charge on any atom is 0.0283 e. The average molecular weight is 153 g/mol. The Labute approximate surface area is 69.9 Å². The molecule has 2 atom stereocenters. The minimum atomic E-state index is 0.696. The first-order valence-corrected chi connectivity index (χ1v) is 4.62. The van der Waals surface area contributed by atoms with Gasteiger partial charge in [-0.15, -0.1) is 0 Å². The Morgan fingerprint density at radius 1 is 1.36 bits per heavy atom. The normalized spacial score (nSPS) is 31.5. The van der Waals surface area contributed by atoms with Crippen molar-refractivity contribution >= 4 is 0 Å². The number of allylic oxidation sites excluding steroid dienone is 1. The van der Waals surface area contributed by atoms with Crippen LogP contribution in [0.3, 0.4) is 0 Å². The predicted octanol–water partition coefficient (Wildman–Crippen LogP) is 2.69. The van der Waals surface area contributed by atoms with Crippen molar-refractivity contribution in [3.05, 3.63) is 12.3 Å². The molecule has 0 aromatic carbocycles. The first-order chi connectivity index (χ1) is 5.20. The van der Waals surface area contributed by atoms with Crippen molar-refractivity contribution < 1.29 is 0 Å². The molecule has 1 heteroatoms. The van der Waals surface area contributed by atoms with E-state index in [9.17, 15) is 0 Å². The lowest BCUT2D eigenvalue weighted by molar-refractivity contribution is 0.297. The van der Waals surface area contributed by atoms with Gasteiger partial charge in [0.25, 0.3) is 0 Å². The van der Waals surface area contributed by atoms with Crippen LogP contribution in [-0.4, -0.2) is 6.04 Å². The first kappa shape index (κ1) is 8.63. The van der Waals surface area contributed by atoms with Crippen molar-refractivity contribution in [2.45, 2.75) is 45.6 Å². The third-order valence-corrected chi connectivity index (χ3v) is 2.54. The molecule has 64 valence electrons. The summed E-state index contributed by atoms with van der Waals surface area (Å²) in [5.41, 5.74) is 1.11. The Bertz CT molecular complexity index is 140. The van der Waals surface area contributed by atoms with Gasteiger partial charge in [-0.3, -0.25) is 0 Å². The zero-order chi connectivity index (χ0) is 8.27. The highest BCUT2D eigenvalue weighted by molar-refractivity contribution is 4.91. The van der Waals surface area contributed by atoms with Crippen LogP contribution >= 0.6 is 0 Å². The lowest BCUT2D eigenvalue weighted by Gasteiger charge is -2.30. The molecule has 1 fully saturated rings. The third-order valence-electron chi connectivity index (χ3n) is 2.54. The predicted molar refractivity (Wildman–Crippen MR) is 49.4 cm³/mol. The van der Waals surface area contributed by atoms with E-state index in [0.29, 0.717) is 6.04 Å². The molecule has 0 bridgehead atoms. The fourth-order valence-electron chi connectivity index (χ4n) is 1.85. The van der Waals surface area contributed by atoms with Crippen LogP contribution in [0.2, 0.25) is 0 Å². The third kappa shape index (κ3) is 2.57. The second-order valence-electron chi connectivity index (χ2n) is 3.79. The fraction of sp³-hybridized carbons (Fsp3) is 0.800. The molecule has 0 aromatic rings. The van der Waals surface area contributed by atoms with Crippen LogP contribution in [0.4, 0.5) is 0 Å². The first-order valence-electron chi connectivity index (χ1n) is 4.62. The minimum absolute atomic E-state index is 0.696. The molecule has 0 heterocycles. The van der Waals surface area contributed by atoms with Gasteiger partial charge in [-0.05, 0) is 25.7 Å². The van der Waals surface area contributed by atoms with Crippen molar-refractivity contribution in [3.8, 4) is 0 Å². The van der Waals surface area contributed by atoms with Gasteiger partial charge in [0.05, 0.1) is 0 Å². The molecule has 0 amide bonds. The van der Waals surface area contributed by atoms with Crippen LogP contribution in [0.1, 0.15) is 39.5 Å². The molecule has 0 aromatic heterocycles.